The molecule has 0 unspecified atom stereocenters. The number of carbonyl (C=O) groups excluding carboxylic acids is 2. The Morgan fingerprint density at radius 1 is 0.789 bits per heavy atom. The smallest absolute Gasteiger partial charge is 0.264 e. The summed E-state index contributed by atoms with van der Waals surface area (Å²) in [4.78, 5) is 39.8. The van der Waals surface area contributed by atoms with Crippen LogP contribution in [0.4, 0.5) is 0 Å². The number of aromatic hydroxyl groups is 1. The van der Waals surface area contributed by atoms with E-state index in [1.807, 2.05) is 86.6 Å². The molecule has 0 aliphatic rings. The number of rotatable bonds is 7. The van der Waals surface area contributed by atoms with Gasteiger partial charge in [-0.15, -0.1) is 0 Å². The van der Waals surface area contributed by atoms with E-state index in [9.17, 15) is 19.5 Å². The summed E-state index contributed by atoms with van der Waals surface area (Å²) in [7, 11) is 0. The van der Waals surface area contributed by atoms with Crippen molar-refractivity contribution < 1.29 is 14.7 Å². The van der Waals surface area contributed by atoms with Gasteiger partial charge in [0.2, 0.25) is 10.6 Å². The SMILES string of the molecule is Cc1cc(-n2cc(Cl)cn2)cc(C)c1-c1c(O)nc(-c2ccccc2)sc1=O.Cc1cc(-n2cc(Cl)cn2)cc(C)c1C(=C=O)C(=O)Cl.NC(=S)c1ccccc1. The third-order valence-corrected chi connectivity index (χ3v) is 10.1. The Labute approximate surface area is 352 Å². The molecule has 15 heteroatoms. The van der Waals surface area contributed by atoms with Gasteiger partial charge in [-0.3, -0.25) is 9.59 Å². The molecule has 0 fully saturated rings. The van der Waals surface area contributed by atoms with Crippen LogP contribution >= 0.6 is 58.4 Å². The van der Waals surface area contributed by atoms with Crippen molar-refractivity contribution in [2.24, 2.45) is 5.73 Å². The summed E-state index contributed by atoms with van der Waals surface area (Å²) < 4.78 is 3.05. The van der Waals surface area contributed by atoms with Gasteiger partial charge in [-0.25, -0.2) is 19.1 Å². The molecule has 10 nitrogen and oxygen atoms in total. The van der Waals surface area contributed by atoms with Crippen molar-refractivity contribution in [3.63, 3.8) is 0 Å². The second-order valence-electron chi connectivity index (χ2n) is 12.5. The highest BCUT2D eigenvalue weighted by Gasteiger charge is 2.20. The second kappa shape index (κ2) is 18.9. The van der Waals surface area contributed by atoms with Gasteiger partial charge >= 0.3 is 0 Å². The standard InChI is InChI=1S/C21H16ClN3O2S.C14H10Cl2N2O2.C7H7NS/c1-12-8-16(25-11-15(22)10-23-25)9-13(2)17(12)18-19(26)24-20(28-21(18)27)14-6-4-3-5-7-14;1-8-3-11(18-6-10(15)5-17-18)4-9(2)13(8)12(7-19)14(16)20;8-7(9)6-4-2-1-3-5-6/h3-11,26H,1-2H3;3-6H,1-2H3;1-5H,(H2,8,9). The van der Waals surface area contributed by atoms with Crippen molar-refractivity contribution >= 4 is 80.1 Å². The maximum Gasteiger partial charge on any atom is 0.264 e. The number of nitrogens with zero attached hydrogens (tertiary/aromatic N) is 5. The van der Waals surface area contributed by atoms with Crippen LogP contribution in [0.25, 0.3) is 38.6 Å². The summed E-state index contributed by atoms with van der Waals surface area (Å²) >= 11 is 23.0. The number of hydrogen-bond acceptors (Lipinski definition) is 9. The monoisotopic (exact) mass is 854 g/mol. The third kappa shape index (κ3) is 10.4. The number of aryl methyl sites for hydroxylation is 4. The molecule has 57 heavy (non-hydrogen) atoms. The zero-order valence-electron chi connectivity index (χ0n) is 30.8. The molecule has 0 saturated heterocycles. The lowest BCUT2D eigenvalue weighted by molar-refractivity contribution is -0.106. The molecule has 3 N–H and O–H groups in total. The van der Waals surface area contributed by atoms with Crippen molar-refractivity contribution in [3.05, 3.63) is 163 Å². The molecule has 0 saturated carbocycles. The van der Waals surface area contributed by atoms with Crippen LogP contribution in [0.3, 0.4) is 0 Å². The average Bonchev–Trinajstić information content (AvgIpc) is 3.82. The molecule has 0 amide bonds. The molecule has 3 heterocycles. The van der Waals surface area contributed by atoms with Gasteiger partial charge in [0.15, 0.2) is 0 Å². The first-order chi connectivity index (χ1) is 27.2. The van der Waals surface area contributed by atoms with Gasteiger partial charge in [0.1, 0.15) is 27.1 Å². The lowest BCUT2D eigenvalue weighted by atomic mass is 9.96. The van der Waals surface area contributed by atoms with E-state index in [2.05, 4.69) is 15.2 Å². The number of benzene rings is 4. The van der Waals surface area contributed by atoms with E-state index in [0.717, 1.165) is 56.1 Å². The average molecular weight is 856 g/mol. The topological polar surface area (TPSA) is 146 Å². The maximum absolute atomic E-state index is 12.9. The summed E-state index contributed by atoms with van der Waals surface area (Å²) in [6.07, 6.45) is 6.47. The molecule has 0 atom stereocenters. The number of carbonyl (C=O) groups is 1. The lowest BCUT2D eigenvalue weighted by Gasteiger charge is -2.13. The van der Waals surface area contributed by atoms with Crippen LogP contribution < -0.4 is 10.5 Å². The van der Waals surface area contributed by atoms with Gasteiger partial charge in [0, 0.05) is 29.1 Å². The van der Waals surface area contributed by atoms with Crippen LogP contribution in [0.2, 0.25) is 10.0 Å². The first-order valence-corrected chi connectivity index (χ1v) is 19.3. The van der Waals surface area contributed by atoms with E-state index < -0.39 is 5.24 Å². The summed E-state index contributed by atoms with van der Waals surface area (Å²) in [5.74, 6) is 1.34. The Kier molecular flexibility index (Phi) is 14.1. The van der Waals surface area contributed by atoms with Crippen molar-refractivity contribution in [2.75, 3.05) is 0 Å². The summed E-state index contributed by atoms with van der Waals surface area (Å²) in [6.45, 7) is 7.36. The summed E-state index contributed by atoms with van der Waals surface area (Å²) in [6, 6.07) is 26.3. The van der Waals surface area contributed by atoms with Crippen LogP contribution in [0.15, 0.2) is 115 Å². The largest absolute Gasteiger partial charge is 0.493 e. The number of hydrogen-bond donors (Lipinski definition) is 2. The van der Waals surface area contributed by atoms with E-state index in [-0.39, 0.29) is 21.8 Å². The Morgan fingerprint density at radius 3 is 1.65 bits per heavy atom. The predicted octanol–water partition coefficient (Wildman–Crippen LogP) is 9.44. The third-order valence-electron chi connectivity index (χ3n) is 8.37. The zero-order valence-corrected chi connectivity index (χ0v) is 34.7. The fourth-order valence-electron chi connectivity index (χ4n) is 5.93. The van der Waals surface area contributed by atoms with E-state index >= 15 is 0 Å². The van der Waals surface area contributed by atoms with E-state index in [4.69, 9.17) is 52.8 Å². The summed E-state index contributed by atoms with van der Waals surface area (Å²) in [5, 5.41) is 19.6. The van der Waals surface area contributed by atoms with Crippen molar-refractivity contribution in [1.82, 2.24) is 24.5 Å². The van der Waals surface area contributed by atoms with Gasteiger partial charge in [-0.05, 0) is 91.4 Å². The number of aromatic nitrogens is 5. The highest BCUT2D eigenvalue weighted by Crippen LogP contribution is 2.35. The minimum atomic E-state index is -0.818. The Hall–Kier alpha value is -5.72. The molecule has 288 valence electrons. The van der Waals surface area contributed by atoms with Gasteiger partial charge in [-0.1, -0.05) is 107 Å². The second-order valence-corrected chi connectivity index (χ2v) is 15.1. The van der Waals surface area contributed by atoms with Gasteiger partial charge in [-0.2, -0.15) is 10.2 Å². The molecule has 7 aromatic rings. The van der Waals surface area contributed by atoms with Gasteiger partial charge in [0.05, 0.1) is 33.8 Å². The van der Waals surface area contributed by atoms with Crippen LogP contribution in [-0.4, -0.2) is 45.8 Å². The number of halogens is 3. The quantitative estimate of drug-likeness (QED) is 0.0693. The van der Waals surface area contributed by atoms with Gasteiger partial charge in [0.25, 0.3) is 5.24 Å². The molecule has 3 aromatic heterocycles. The maximum atomic E-state index is 12.9. The Bertz CT molecular complexity index is 2660. The highest BCUT2D eigenvalue weighted by atomic mass is 35.5. The molecular weight excluding hydrogens is 823 g/mol. The molecule has 7 rings (SSSR count). The van der Waals surface area contributed by atoms with Crippen LogP contribution in [-0.2, 0) is 9.59 Å². The Balaban J connectivity index is 0.000000185. The lowest BCUT2D eigenvalue weighted by Crippen LogP contribution is -2.08. The van der Waals surface area contributed by atoms with Gasteiger partial charge < -0.3 is 10.8 Å². The first-order valence-electron chi connectivity index (χ1n) is 16.9. The van der Waals surface area contributed by atoms with Crippen molar-refractivity contribution in [2.45, 2.75) is 27.7 Å². The molecule has 0 aliphatic carbocycles. The molecule has 4 aromatic carbocycles. The van der Waals surface area contributed by atoms with Crippen LogP contribution in [0.1, 0.15) is 33.4 Å². The molecule has 0 bridgehead atoms. The van der Waals surface area contributed by atoms with Crippen molar-refractivity contribution in [3.8, 4) is 39.0 Å². The number of allylic oxidation sites excluding steroid dienone is 1. The van der Waals surface area contributed by atoms with E-state index in [1.165, 1.54) is 6.20 Å². The van der Waals surface area contributed by atoms with Crippen LogP contribution in [0.5, 0.6) is 5.88 Å². The molecule has 0 radical (unpaired) electrons. The fourth-order valence-corrected chi connectivity index (χ4v) is 7.33. The molecule has 0 spiro atoms. The predicted molar refractivity (Wildman–Crippen MR) is 233 cm³/mol. The number of thiocarbonyl (C=S) groups is 1. The van der Waals surface area contributed by atoms with Crippen molar-refractivity contribution in [1.29, 1.82) is 0 Å². The van der Waals surface area contributed by atoms with E-state index in [0.29, 0.717) is 31.2 Å². The summed E-state index contributed by atoms with van der Waals surface area (Å²) in [5.41, 5.74) is 13.1. The first kappa shape index (κ1) is 42.4. The molecular formula is C42H33Cl3N6O4S2. The Morgan fingerprint density at radius 2 is 1.26 bits per heavy atom. The minimum absolute atomic E-state index is 0.160. The number of nitrogens with two attached hydrogens (primary N) is 1. The van der Waals surface area contributed by atoms with Crippen LogP contribution in [0, 0.1) is 27.7 Å². The highest BCUT2D eigenvalue weighted by molar-refractivity contribution is 7.80. The normalized spacial score (nSPS) is 10.4. The zero-order chi connectivity index (χ0) is 41.4. The molecule has 0 aliphatic heterocycles. The minimum Gasteiger partial charge on any atom is -0.493 e. The fraction of sp³-hybridized carbons (Fsp3) is 0.0952. The van der Waals surface area contributed by atoms with E-state index in [1.54, 1.807) is 59.9 Å².